The summed E-state index contributed by atoms with van der Waals surface area (Å²) in [7, 11) is 0. The quantitative estimate of drug-likeness (QED) is 0.832. The summed E-state index contributed by atoms with van der Waals surface area (Å²) in [5.41, 5.74) is 8.10. The zero-order chi connectivity index (χ0) is 9.26. The monoisotopic (exact) mass is 238 g/mol. The number of anilines is 1. The summed E-state index contributed by atoms with van der Waals surface area (Å²) in [6, 6.07) is 3.58. The first-order chi connectivity index (χ1) is 6.29. The van der Waals surface area contributed by atoms with Crippen molar-refractivity contribution in [2.24, 2.45) is 0 Å². The lowest BCUT2D eigenvalue weighted by Crippen LogP contribution is -1.90. The molecule has 0 fully saturated rings. The van der Waals surface area contributed by atoms with Gasteiger partial charge in [-0.1, -0.05) is 0 Å². The molecule has 2 rings (SSSR count). The van der Waals surface area contributed by atoms with E-state index in [0.717, 1.165) is 15.7 Å². The molecule has 0 radical (unpaired) electrons. The summed E-state index contributed by atoms with van der Waals surface area (Å²) in [6.45, 7) is 0. The van der Waals surface area contributed by atoms with Gasteiger partial charge in [-0.3, -0.25) is 4.98 Å². The van der Waals surface area contributed by atoms with Crippen LogP contribution < -0.4 is 5.73 Å². The third kappa shape index (κ3) is 1.45. The third-order valence-corrected chi connectivity index (χ3v) is 2.55. The summed E-state index contributed by atoms with van der Waals surface area (Å²) in [4.78, 5) is 4.19. The summed E-state index contributed by atoms with van der Waals surface area (Å²) >= 11 is 3.37. The van der Waals surface area contributed by atoms with E-state index in [9.17, 15) is 0 Å². The van der Waals surface area contributed by atoms with Gasteiger partial charge in [0, 0.05) is 17.4 Å². The van der Waals surface area contributed by atoms with Crippen LogP contribution in [0.5, 0.6) is 0 Å². The van der Waals surface area contributed by atoms with Crippen LogP contribution >= 0.6 is 15.9 Å². The maximum absolute atomic E-state index is 5.71. The number of aromatic nitrogens is 1. The molecule has 2 N–H and O–H groups in total. The van der Waals surface area contributed by atoms with E-state index in [-0.39, 0.29) is 0 Å². The lowest BCUT2D eigenvalue weighted by atomic mass is 10.2. The molecule has 13 heavy (non-hydrogen) atoms. The van der Waals surface area contributed by atoms with Gasteiger partial charge in [0.15, 0.2) is 0 Å². The molecule has 2 heterocycles. The minimum atomic E-state index is 0.672. The molecule has 0 atom stereocenters. The number of nitrogen functional groups attached to an aromatic ring is 1. The third-order valence-electron chi connectivity index (χ3n) is 1.71. The maximum Gasteiger partial charge on any atom is 0.0997 e. The predicted molar refractivity (Wildman–Crippen MR) is 54.1 cm³/mol. The topological polar surface area (TPSA) is 52.0 Å². The Morgan fingerprint density at radius 1 is 1.38 bits per heavy atom. The second-order valence-electron chi connectivity index (χ2n) is 2.57. The fourth-order valence-corrected chi connectivity index (χ4v) is 1.52. The van der Waals surface area contributed by atoms with Crippen LogP contribution in [0.25, 0.3) is 11.3 Å². The highest BCUT2D eigenvalue weighted by atomic mass is 79.9. The van der Waals surface area contributed by atoms with Crippen LogP contribution in [-0.2, 0) is 0 Å². The van der Waals surface area contributed by atoms with E-state index in [1.165, 1.54) is 0 Å². The molecule has 0 spiro atoms. The first kappa shape index (κ1) is 8.31. The second kappa shape index (κ2) is 3.22. The Kier molecular flexibility index (Phi) is 2.06. The molecule has 0 saturated heterocycles. The Bertz CT molecular complexity index is 412. The van der Waals surface area contributed by atoms with Crippen molar-refractivity contribution in [3.05, 3.63) is 35.3 Å². The van der Waals surface area contributed by atoms with Crippen molar-refractivity contribution in [1.29, 1.82) is 0 Å². The largest absolute Gasteiger partial charge is 0.472 e. The molecule has 0 aliphatic heterocycles. The molecule has 2 aromatic heterocycles. The van der Waals surface area contributed by atoms with Gasteiger partial charge in [-0.15, -0.1) is 0 Å². The standard InChI is InChI=1S/C9H7BrN2O/c10-8-7(11)1-3-12-9(8)6-2-4-13-5-6/h1-5H,(H2,11,12). The van der Waals surface area contributed by atoms with Gasteiger partial charge in [0.2, 0.25) is 0 Å². The SMILES string of the molecule is Nc1ccnc(-c2ccoc2)c1Br. The molecular formula is C9H7BrN2O. The van der Waals surface area contributed by atoms with E-state index in [2.05, 4.69) is 20.9 Å². The first-order valence-electron chi connectivity index (χ1n) is 3.71. The van der Waals surface area contributed by atoms with E-state index in [1.807, 2.05) is 6.07 Å². The summed E-state index contributed by atoms with van der Waals surface area (Å²) < 4.78 is 5.76. The van der Waals surface area contributed by atoms with Crippen molar-refractivity contribution in [3.63, 3.8) is 0 Å². The van der Waals surface area contributed by atoms with E-state index >= 15 is 0 Å². The fraction of sp³-hybridized carbons (Fsp3) is 0. The Labute approximate surface area is 83.7 Å². The number of hydrogen-bond donors (Lipinski definition) is 1. The van der Waals surface area contributed by atoms with Crippen LogP contribution in [-0.4, -0.2) is 4.98 Å². The van der Waals surface area contributed by atoms with E-state index < -0.39 is 0 Å². The molecule has 2 aromatic rings. The van der Waals surface area contributed by atoms with E-state index in [0.29, 0.717) is 5.69 Å². The Hall–Kier alpha value is -1.29. The minimum absolute atomic E-state index is 0.672. The summed E-state index contributed by atoms with van der Waals surface area (Å²) in [6.07, 6.45) is 4.90. The van der Waals surface area contributed by atoms with Crippen LogP contribution in [0.15, 0.2) is 39.7 Å². The average Bonchev–Trinajstić information content (AvgIpc) is 2.62. The van der Waals surface area contributed by atoms with Crippen molar-refractivity contribution >= 4 is 21.6 Å². The average molecular weight is 239 g/mol. The highest BCUT2D eigenvalue weighted by molar-refractivity contribution is 9.10. The van der Waals surface area contributed by atoms with Crippen LogP contribution in [0.2, 0.25) is 0 Å². The van der Waals surface area contributed by atoms with Gasteiger partial charge in [0.05, 0.1) is 22.7 Å². The molecule has 3 nitrogen and oxygen atoms in total. The normalized spacial score (nSPS) is 10.2. The number of rotatable bonds is 1. The number of halogens is 1. The molecule has 0 amide bonds. The zero-order valence-electron chi connectivity index (χ0n) is 6.70. The molecular weight excluding hydrogens is 232 g/mol. The van der Waals surface area contributed by atoms with Gasteiger partial charge in [-0.05, 0) is 28.1 Å². The van der Waals surface area contributed by atoms with Crippen molar-refractivity contribution in [2.75, 3.05) is 5.73 Å². The summed E-state index contributed by atoms with van der Waals surface area (Å²) in [5.74, 6) is 0. The molecule has 66 valence electrons. The molecule has 0 unspecified atom stereocenters. The highest BCUT2D eigenvalue weighted by Crippen LogP contribution is 2.30. The van der Waals surface area contributed by atoms with Crippen molar-refractivity contribution in [2.45, 2.75) is 0 Å². The molecule has 0 saturated carbocycles. The fourth-order valence-electron chi connectivity index (χ4n) is 1.06. The van der Waals surface area contributed by atoms with Gasteiger partial charge in [0.25, 0.3) is 0 Å². The van der Waals surface area contributed by atoms with Crippen molar-refractivity contribution in [1.82, 2.24) is 4.98 Å². The van der Waals surface area contributed by atoms with Crippen LogP contribution in [0.3, 0.4) is 0 Å². The lowest BCUT2D eigenvalue weighted by molar-refractivity contribution is 0.568. The number of pyridine rings is 1. The van der Waals surface area contributed by atoms with Gasteiger partial charge in [0.1, 0.15) is 0 Å². The van der Waals surface area contributed by atoms with Gasteiger partial charge in [-0.2, -0.15) is 0 Å². The Morgan fingerprint density at radius 2 is 2.23 bits per heavy atom. The second-order valence-corrected chi connectivity index (χ2v) is 3.37. The lowest BCUT2D eigenvalue weighted by Gasteiger charge is -2.02. The van der Waals surface area contributed by atoms with Gasteiger partial charge >= 0.3 is 0 Å². The molecule has 4 heteroatoms. The van der Waals surface area contributed by atoms with Crippen LogP contribution in [0, 0.1) is 0 Å². The summed E-state index contributed by atoms with van der Waals surface area (Å²) in [5, 5.41) is 0. The molecule has 0 aromatic carbocycles. The molecule has 0 bridgehead atoms. The number of nitrogens with two attached hydrogens (primary N) is 1. The maximum atomic E-state index is 5.71. The van der Waals surface area contributed by atoms with Crippen molar-refractivity contribution in [3.8, 4) is 11.3 Å². The van der Waals surface area contributed by atoms with Crippen LogP contribution in [0.1, 0.15) is 0 Å². The Morgan fingerprint density at radius 3 is 2.92 bits per heavy atom. The number of hydrogen-bond acceptors (Lipinski definition) is 3. The van der Waals surface area contributed by atoms with Gasteiger partial charge in [-0.25, -0.2) is 0 Å². The number of furan rings is 1. The minimum Gasteiger partial charge on any atom is -0.472 e. The Balaban J connectivity index is 2.59. The van der Waals surface area contributed by atoms with E-state index in [4.69, 9.17) is 10.2 Å². The molecule has 0 aliphatic carbocycles. The highest BCUT2D eigenvalue weighted by Gasteiger charge is 2.07. The van der Waals surface area contributed by atoms with E-state index in [1.54, 1.807) is 24.8 Å². The predicted octanol–water partition coefficient (Wildman–Crippen LogP) is 2.69. The first-order valence-corrected chi connectivity index (χ1v) is 4.51. The van der Waals surface area contributed by atoms with Crippen molar-refractivity contribution < 1.29 is 4.42 Å². The smallest absolute Gasteiger partial charge is 0.0997 e. The molecule has 0 aliphatic rings. The zero-order valence-corrected chi connectivity index (χ0v) is 8.28. The van der Waals surface area contributed by atoms with Crippen LogP contribution in [0.4, 0.5) is 5.69 Å². The van der Waals surface area contributed by atoms with Gasteiger partial charge < -0.3 is 10.2 Å². The number of nitrogens with zero attached hydrogens (tertiary/aromatic N) is 1.